The van der Waals surface area contributed by atoms with Gasteiger partial charge >= 0.3 is 5.97 Å². The molecule has 0 spiro atoms. The van der Waals surface area contributed by atoms with Crippen LogP contribution in [-0.4, -0.2) is 144 Å². The molecule has 0 unspecified atom stereocenters. The van der Waals surface area contributed by atoms with Gasteiger partial charge in [-0.15, -0.1) is 0 Å². The van der Waals surface area contributed by atoms with Crippen LogP contribution in [0, 0.1) is 35.5 Å². The zero-order valence-corrected chi connectivity index (χ0v) is 46.1. The van der Waals surface area contributed by atoms with Gasteiger partial charge < -0.3 is 53.7 Å². The number of hydrogen-bond donors (Lipinski definition) is 4. The third-order valence-corrected chi connectivity index (χ3v) is 16.2. The number of cyclic esters (lactones) is 1. The van der Waals surface area contributed by atoms with Gasteiger partial charge in [-0.3, -0.25) is 19.2 Å². The van der Waals surface area contributed by atoms with E-state index in [9.17, 15) is 44.4 Å². The van der Waals surface area contributed by atoms with Crippen LogP contribution in [0.4, 0.5) is 0 Å². The summed E-state index contributed by atoms with van der Waals surface area (Å²) in [7, 11) is 4.48. The Labute approximate surface area is 444 Å². The number of Topliss-reactive ketones (excluding diaryl/α,β-unsaturated/α-hetero) is 3. The van der Waals surface area contributed by atoms with E-state index in [4.69, 9.17) is 28.4 Å². The van der Waals surface area contributed by atoms with Gasteiger partial charge in [0.15, 0.2) is 5.78 Å². The maximum absolute atomic E-state index is 14.6. The number of ketones is 3. The van der Waals surface area contributed by atoms with Crippen LogP contribution in [0.15, 0.2) is 65.8 Å². The van der Waals surface area contributed by atoms with E-state index in [-0.39, 0.29) is 80.4 Å². The zero-order chi connectivity index (χ0) is 55.1. The highest BCUT2D eigenvalue weighted by Gasteiger charge is 2.53. The van der Waals surface area contributed by atoms with E-state index < -0.39 is 77.8 Å². The molecule has 1 amide bonds. The predicted molar refractivity (Wildman–Crippen MR) is 283 cm³/mol. The van der Waals surface area contributed by atoms with Crippen molar-refractivity contribution in [2.24, 2.45) is 35.5 Å². The molecule has 4 N–H and O–H groups in total. The van der Waals surface area contributed by atoms with E-state index in [0.717, 1.165) is 11.1 Å². The molecule has 1 aliphatic carbocycles. The number of carbonyl (C=O) groups is 5. The summed E-state index contributed by atoms with van der Waals surface area (Å²) in [6.07, 6.45) is 11.1. The SMILES string of the molecule is COc1cc(OCCO)ccc1[C@H]1C[C@@H]2CC[C@@H](C)[C@@](O)(O2)C(=O)C(=O)N2CCCC[C@H]2C(=O)O[C@H]([C@H](C)C[C@@H]2CC[C@@H](O)[C@H](OC)C2)CC(=O)[C@H](C)/C=C(\C)[C@@H](O)[C@@H](OC)C(=O)[C@H](C)C[C@H](C)/C=C/C=C/C=C/1C. The van der Waals surface area contributed by atoms with Gasteiger partial charge in [-0.1, -0.05) is 82.7 Å². The number of rotatable bonds is 10. The lowest BCUT2D eigenvalue weighted by atomic mass is 9.78. The molecule has 3 heterocycles. The summed E-state index contributed by atoms with van der Waals surface area (Å²) < 4.78 is 35.5. The van der Waals surface area contributed by atoms with Crippen molar-refractivity contribution in [3.8, 4) is 11.5 Å². The fourth-order valence-corrected chi connectivity index (χ4v) is 11.5. The number of aliphatic hydroxyl groups excluding tert-OH is 3. The molecule has 16 heteroatoms. The topological polar surface area (TPSA) is 225 Å². The predicted octanol–water partition coefficient (Wildman–Crippen LogP) is 7.33. The number of aliphatic hydroxyl groups is 4. The summed E-state index contributed by atoms with van der Waals surface area (Å²) in [5, 5.41) is 43.8. The number of allylic oxidation sites excluding steroid dienone is 7. The summed E-state index contributed by atoms with van der Waals surface area (Å²) in [6.45, 7) is 12.6. The summed E-state index contributed by atoms with van der Waals surface area (Å²) >= 11 is 0. The Morgan fingerprint density at radius 3 is 2.31 bits per heavy atom. The molecule has 0 aromatic heterocycles. The van der Waals surface area contributed by atoms with Crippen LogP contribution in [0.5, 0.6) is 11.5 Å². The minimum absolute atomic E-state index is 0.0299. The standard InChI is InChI=1S/C59H87NO15/c1-35-16-12-11-13-17-36(2)46(45-23-22-43(73-27-26-61)33-51(45)70-8)32-44-21-19-41(7)59(69,75-44)56(66)57(67)60-25-15-14-18-47(60)58(68)74-50(38(4)30-42-20-24-48(62)52(31-42)71-9)34-49(63)37(3)29-40(6)54(65)55(72-10)53(64)39(5)28-35/h11-13,16-17,22-23,29,33,35,37-39,41-42,44,46-48,50,52,54-55,61-62,65,69H,14-15,18-21,24-28,30-32,34H2,1-10H3/b13-11+,16-12+,36-17+,40-29+/t35-,37-,38-,39-,41-,42+,44+,46+,47+,48-,50+,52-,54-,55+,59-/m1/s1. The van der Waals surface area contributed by atoms with Gasteiger partial charge in [0.1, 0.15) is 48.2 Å². The van der Waals surface area contributed by atoms with Gasteiger partial charge in [-0.2, -0.15) is 0 Å². The molecule has 16 nitrogen and oxygen atoms in total. The van der Waals surface area contributed by atoms with Gasteiger partial charge in [0.2, 0.25) is 5.79 Å². The fourth-order valence-electron chi connectivity index (χ4n) is 11.5. The molecule has 4 aliphatic rings. The smallest absolute Gasteiger partial charge is 0.329 e. The normalized spacial score (nSPS) is 36.5. The minimum atomic E-state index is -2.51. The molecule has 3 fully saturated rings. The number of esters is 1. The van der Waals surface area contributed by atoms with E-state index in [2.05, 4.69) is 0 Å². The number of piperidine rings is 1. The van der Waals surface area contributed by atoms with Gasteiger partial charge in [0.05, 0.1) is 32.0 Å². The largest absolute Gasteiger partial charge is 0.496 e. The molecule has 75 heavy (non-hydrogen) atoms. The van der Waals surface area contributed by atoms with Crippen molar-refractivity contribution in [1.82, 2.24) is 4.90 Å². The van der Waals surface area contributed by atoms with E-state index in [0.29, 0.717) is 74.9 Å². The van der Waals surface area contributed by atoms with Crippen molar-refractivity contribution in [3.63, 3.8) is 0 Å². The molecule has 1 aromatic carbocycles. The average Bonchev–Trinajstić information content (AvgIpc) is 3.39. The zero-order valence-electron chi connectivity index (χ0n) is 46.1. The lowest BCUT2D eigenvalue weighted by Gasteiger charge is -2.43. The van der Waals surface area contributed by atoms with Gasteiger partial charge in [0, 0.05) is 62.5 Å². The number of methoxy groups -OCH3 is 3. The van der Waals surface area contributed by atoms with E-state index in [1.165, 1.54) is 12.0 Å². The first-order valence-electron chi connectivity index (χ1n) is 27.2. The first-order chi connectivity index (χ1) is 35.7. The summed E-state index contributed by atoms with van der Waals surface area (Å²) in [6, 6.07) is 4.21. The second-order valence-corrected chi connectivity index (χ2v) is 21.9. The van der Waals surface area contributed by atoms with E-state index >= 15 is 0 Å². The average molecular weight is 1050 g/mol. The van der Waals surface area contributed by atoms with E-state index in [1.54, 1.807) is 53.2 Å². The second-order valence-electron chi connectivity index (χ2n) is 21.9. The number of benzene rings is 1. The summed E-state index contributed by atoms with van der Waals surface area (Å²) in [4.78, 5) is 73.0. The number of ether oxygens (including phenoxy) is 6. The molecule has 1 aromatic rings. The molecule has 3 aliphatic heterocycles. The minimum Gasteiger partial charge on any atom is -0.496 e. The maximum Gasteiger partial charge on any atom is 0.329 e. The van der Waals surface area contributed by atoms with E-state index in [1.807, 2.05) is 64.1 Å². The second kappa shape index (κ2) is 28.7. The first kappa shape index (κ1) is 61.3. The summed E-state index contributed by atoms with van der Waals surface area (Å²) in [5.41, 5.74) is 2.05. The van der Waals surface area contributed by atoms with Crippen molar-refractivity contribution < 1.29 is 72.8 Å². The van der Waals surface area contributed by atoms with Crippen LogP contribution in [0.25, 0.3) is 0 Å². The Kier molecular flexibility index (Phi) is 23.5. The molecule has 2 saturated heterocycles. The quantitative estimate of drug-likeness (QED) is 0.102. The van der Waals surface area contributed by atoms with Crippen molar-refractivity contribution in [3.05, 3.63) is 71.4 Å². The van der Waals surface area contributed by atoms with Crippen molar-refractivity contribution >= 4 is 29.2 Å². The maximum atomic E-state index is 14.6. The molecular formula is C59H87NO15. The highest BCUT2D eigenvalue weighted by atomic mass is 16.6. The molecule has 1 saturated carbocycles. The van der Waals surface area contributed by atoms with Crippen LogP contribution < -0.4 is 9.47 Å². The third-order valence-electron chi connectivity index (χ3n) is 16.2. The van der Waals surface area contributed by atoms with Crippen LogP contribution in [0.3, 0.4) is 0 Å². The Balaban J connectivity index is 1.54. The van der Waals surface area contributed by atoms with Crippen molar-refractivity contribution in [2.75, 3.05) is 41.1 Å². The summed E-state index contributed by atoms with van der Waals surface area (Å²) in [5.74, 6) is -7.76. The highest BCUT2D eigenvalue weighted by molar-refractivity contribution is 6.39. The van der Waals surface area contributed by atoms with Gasteiger partial charge in [0.25, 0.3) is 11.7 Å². The number of carbonyl (C=O) groups excluding carboxylic acids is 5. The van der Waals surface area contributed by atoms with Crippen LogP contribution in [-0.2, 0) is 42.9 Å². The van der Waals surface area contributed by atoms with Crippen molar-refractivity contribution in [1.29, 1.82) is 0 Å². The lowest BCUT2D eigenvalue weighted by Crippen LogP contribution is -2.60. The number of nitrogens with zero attached hydrogens (tertiary/aromatic N) is 1. The molecular weight excluding hydrogens is 963 g/mol. The first-order valence-corrected chi connectivity index (χ1v) is 27.2. The number of hydrogen-bond acceptors (Lipinski definition) is 15. The Hall–Kier alpha value is -4.55. The van der Waals surface area contributed by atoms with Gasteiger partial charge in [-0.05, 0) is 114 Å². The van der Waals surface area contributed by atoms with Crippen LogP contribution in [0.2, 0.25) is 0 Å². The Morgan fingerprint density at radius 1 is 0.867 bits per heavy atom. The molecule has 418 valence electrons. The third kappa shape index (κ3) is 16.0. The van der Waals surface area contributed by atoms with Gasteiger partial charge in [-0.25, -0.2) is 4.79 Å². The molecule has 2 bridgehead atoms. The highest BCUT2D eigenvalue weighted by Crippen LogP contribution is 2.43. The Morgan fingerprint density at radius 2 is 1.61 bits per heavy atom. The van der Waals surface area contributed by atoms with Crippen molar-refractivity contribution in [2.45, 2.75) is 180 Å². The molecule has 0 radical (unpaired) electrons. The fraction of sp³-hybridized carbons (Fsp3) is 0.678. The number of fused-ring (bicyclic) bond motifs is 3. The molecule has 5 rings (SSSR count). The molecule has 15 atom stereocenters. The Bertz CT molecular complexity index is 2220. The monoisotopic (exact) mass is 1050 g/mol. The number of amides is 1. The van der Waals surface area contributed by atoms with Crippen LogP contribution >= 0.6 is 0 Å². The lowest BCUT2D eigenvalue weighted by molar-refractivity contribution is -0.264. The van der Waals surface area contributed by atoms with Crippen LogP contribution in [0.1, 0.15) is 137 Å².